The number of benzene rings is 1. The molecule has 0 amide bonds. The minimum atomic E-state index is 0.132. The van der Waals surface area contributed by atoms with Crippen molar-refractivity contribution in [2.24, 2.45) is 5.73 Å². The van der Waals surface area contributed by atoms with Gasteiger partial charge < -0.3 is 15.4 Å². The summed E-state index contributed by atoms with van der Waals surface area (Å²) in [5.74, 6) is 0. The number of methoxy groups -OCH3 is 1. The van der Waals surface area contributed by atoms with Gasteiger partial charge in [-0.3, -0.25) is 0 Å². The summed E-state index contributed by atoms with van der Waals surface area (Å²) in [5, 5.41) is 0.795. The van der Waals surface area contributed by atoms with E-state index in [9.17, 15) is 0 Å². The summed E-state index contributed by atoms with van der Waals surface area (Å²) in [7, 11) is 3.78. The molecule has 0 saturated carbocycles. The molecule has 2 N–H and O–H groups in total. The maximum atomic E-state index is 6.27. The lowest BCUT2D eigenvalue weighted by Gasteiger charge is -2.20. The molecule has 1 unspecified atom stereocenters. The number of halogens is 1. The topological polar surface area (TPSA) is 38.5 Å². The molecule has 0 aliphatic carbocycles. The smallest absolute Gasteiger partial charge is 0.0479 e. The Hall–Kier alpha value is -0.770. The van der Waals surface area contributed by atoms with Crippen LogP contribution in [0.25, 0.3) is 0 Å². The van der Waals surface area contributed by atoms with Gasteiger partial charge in [0.1, 0.15) is 0 Å². The molecule has 0 fully saturated rings. The molecule has 4 heteroatoms. The maximum absolute atomic E-state index is 6.27. The Labute approximate surface area is 115 Å². The lowest BCUT2D eigenvalue weighted by atomic mass is 10.1. The second-order valence-electron chi connectivity index (χ2n) is 4.73. The zero-order valence-electron chi connectivity index (χ0n) is 11.4. The Morgan fingerprint density at radius 1 is 1.44 bits per heavy atom. The van der Waals surface area contributed by atoms with Gasteiger partial charge in [-0.05, 0) is 37.5 Å². The van der Waals surface area contributed by atoms with E-state index in [1.807, 2.05) is 13.0 Å². The summed E-state index contributed by atoms with van der Waals surface area (Å²) in [6.07, 6.45) is 1.82. The average molecular weight is 271 g/mol. The number of rotatable bonds is 7. The third kappa shape index (κ3) is 4.84. The van der Waals surface area contributed by atoms with E-state index in [4.69, 9.17) is 22.1 Å². The van der Waals surface area contributed by atoms with Crippen LogP contribution in [0.3, 0.4) is 0 Å². The first-order valence-electron chi connectivity index (χ1n) is 6.28. The van der Waals surface area contributed by atoms with Crippen molar-refractivity contribution in [1.29, 1.82) is 0 Å². The fourth-order valence-corrected chi connectivity index (χ4v) is 2.11. The van der Waals surface area contributed by atoms with Crippen LogP contribution in [0.2, 0.25) is 5.02 Å². The van der Waals surface area contributed by atoms with Gasteiger partial charge in [0.05, 0.1) is 0 Å². The van der Waals surface area contributed by atoms with E-state index >= 15 is 0 Å². The zero-order valence-corrected chi connectivity index (χ0v) is 12.2. The summed E-state index contributed by atoms with van der Waals surface area (Å²) in [5.41, 5.74) is 8.03. The Morgan fingerprint density at radius 3 is 2.72 bits per heavy atom. The highest BCUT2D eigenvalue weighted by molar-refractivity contribution is 6.31. The second-order valence-corrected chi connectivity index (χ2v) is 5.13. The Balaban J connectivity index is 2.65. The quantitative estimate of drug-likeness (QED) is 0.775. The number of hydrogen-bond donors (Lipinski definition) is 1. The van der Waals surface area contributed by atoms with Crippen LogP contribution in [0.1, 0.15) is 18.9 Å². The molecule has 0 aromatic heterocycles. The first-order valence-corrected chi connectivity index (χ1v) is 6.66. The van der Waals surface area contributed by atoms with E-state index in [1.165, 1.54) is 0 Å². The molecule has 1 rings (SSSR count). The maximum Gasteiger partial charge on any atom is 0.0479 e. The summed E-state index contributed by atoms with van der Waals surface area (Å²) < 4.78 is 5.05. The minimum absolute atomic E-state index is 0.132. The van der Waals surface area contributed by atoms with Crippen LogP contribution in [-0.2, 0) is 11.2 Å². The molecule has 0 radical (unpaired) electrons. The van der Waals surface area contributed by atoms with Gasteiger partial charge in [0.15, 0.2) is 0 Å². The summed E-state index contributed by atoms with van der Waals surface area (Å²) >= 11 is 6.27. The minimum Gasteiger partial charge on any atom is -0.385 e. The predicted molar refractivity (Wildman–Crippen MR) is 78.6 cm³/mol. The Kier molecular flexibility index (Phi) is 6.47. The zero-order chi connectivity index (χ0) is 13.5. The molecule has 1 atom stereocenters. The molecule has 0 bridgehead atoms. The van der Waals surface area contributed by atoms with E-state index in [2.05, 4.69) is 24.1 Å². The van der Waals surface area contributed by atoms with Crippen molar-refractivity contribution in [2.45, 2.75) is 25.8 Å². The van der Waals surface area contributed by atoms with Crippen LogP contribution >= 0.6 is 11.6 Å². The SMILES string of the molecule is COCCCN(C)c1ccc(CC(C)N)c(Cl)c1. The molecule has 0 aliphatic heterocycles. The van der Waals surface area contributed by atoms with Crippen molar-refractivity contribution in [3.63, 3.8) is 0 Å². The Morgan fingerprint density at radius 2 is 2.17 bits per heavy atom. The van der Waals surface area contributed by atoms with Crippen molar-refractivity contribution in [1.82, 2.24) is 0 Å². The van der Waals surface area contributed by atoms with Crippen LogP contribution in [-0.4, -0.2) is 33.4 Å². The highest BCUT2D eigenvalue weighted by Gasteiger charge is 2.07. The first-order chi connectivity index (χ1) is 8.54. The van der Waals surface area contributed by atoms with Crippen molar-refractivity contribution in [3.05, 3.63) is 28.8 Å². The fraction of sp³-hybridized carbons (Fsp3) is 0.571. The number of nitrogens with two attached hydrogens (primary N) is 1. The van der Waals surface area contributed by atoms with Crippen LogP contribution in [0.15, 0.2) is 18.2 Å². The van der Waals surface area contributed by atoms with Crippen molar-refractivity contribution < 1.29 is 4.74 Å². The summed E-state index contributed by atoms with van der Waals surface area (Å²) in [6.45, 7) is 3.72. The van der Waals surface area contributed by atoms with E-state index in [0.29, 0.717) is 0 Å². The summed E-state index contributed by atoms with van der Waals surface area (Å²) in [6, 6.07) is 6.30. The Bertz CT molecular complexity index is 369. The van der Waals surface area contributed by atoms with Crippen molar-refractivity contribution in [3.8, 4) is 0 Å². The first kappa shape index (κ1) is 15.3. The normalized spacial score (nSPS) is 12.5. The third-order valence-electron chi connectivity index (χ3n) is 2.86. The molecule has 102 valence electrons. The molecule has 18 heavy (non-hydrogen) atoms. The second kappa shape index (κ2) is 7.62. The molecule has 3 nitrogen and oxygen atoms in total. The van der Waals surface area contributed by atoms with E-state index in [0.717, 1.165) is 42.3 Å². The molecule has 1 aromatic carbocycles. The number of ether oxygens (including phenoxy) is 1. The van der Waals surface area contributed by atoms with E-state index in [1.54, 1.807) is 7.11 Å². The largest absolute Gasteiger partial charge is 0.385 e. The van der Waals surface area contributed by atoms with Crippen LogP contribution < -0.4 is 10.6 Å². The van der Waals surface area contributed by atoms with Crippen molar-refractivity contribution in [2.75, 3.05) is 32.2 Å². The number of hydrogen-bond acceptors (Lipinski definition) is 3. The van der Waals surface area contributed by atoms with Crippen LogP contribution in [0.5, 0.6) is 0 Å². The standard InChI is InChI=1S/C14H23ClN2O/c1-11(16)9-12-5-6-13(10-14(12)15)17(2)7-4-8-18-3/h5-6,10-11H,4,7-9,16H2,1-3H3. The molecule has 0 spiro atoms. The number of anilines is 1. The molecular weight excluding hydrogens is 248 g/mol. The van der Waals surface area contributed by atoms with Gasteiger partial charge >= 0.3 is 0 Å². The van der Waals surface area contributed by atoms with Gasteiger partial charge in [0.25, 0.3) is 0 Å². The monoisotopic (exact) mass is 270 g/mol. The summed E-state index contributed by atoms with van der Waals surface area (Å²) in [4.78, 5) is 2.18. The van der Waals surface area contributed by atoms with Gasteiger partial charge in [-0.15, -0.1) is 0 Å². The van der Waals surface area contributed by atoms with E-state index < -0.39 is 0 Å². The van der Waals surface area contributed by atoms with Gasteiger partial charge in [0.2, 0.25) is 0 Å². The molecule has 0 saturated heterocycles. The van der Waals surface area contributed by atoms with Gasteiger partial charge in [-0.1, -0.05) is 17.7 Å². The fourth-order valence-electron chi connectivity index (χ4n) is 1.86. The molecule has 0 heterocycles. The van der Waals surface area contributed by atoms with Crippen LogP contribution in [0, 0.1) is 0 Å². The van der Waals surface area contributed by atoms with Crippen LogP contribution in [0.4, 0.5) is 5.69 Å². The molecule has 1 aromatic rings. The third-order valence-corrected chi connectivity index (χ3v) is 3.21. The van der Waals surface area contributed by atoms with E-state index in [-0.39, 0.29) is 6.04 Å². The number of nitrogens with zero attached hydrogens (tertiary/aromatic N) is 1. The molecular formula is C14H23ClN2O. The average Bonchev–Trinajstić information content (AvgIpc) is 2.31. The predicted octanol–water partition coefficient (Wildman–Crippen LogP) is 2.70. The lowest BCUT2D eigenvalue weighted by Crippen LogP contribution is -2.20. The lowest BCUT2D eigenvalue weighted by molar-refractivity contribution is 0.196. The highest BCUT2D eigenvalue weighted by atomic mass is 35.5. The highest BCUT2D eigenvalue weighted by Crippen LogP contribution is 2.24. The van der Waals surface area contributed by atoms with Gasteiger partial charge in [0, 0.05) is 44.1 Å². The van der Waals surface area contributed by atoms with Crippen molar-refractivity contribution >= 4 is 17.3 Å². The van der Waals surface area contributed by atoms with Gasteiger partial charge in [-0.25, -0.2) is 0 Å². The van der Waals surface area contributed by atoms with Gasteiger partial charge in [-0.2, -0.15) is 0 Å². The molecule has 0 aliphatic rings.